The molecule has 0 bridgehead atoms. The second-order valence-electron chi connectivity index (χ2n) is 7.36. The van der Waals surface area contributed by atoms with Gasteiger partial charge in [-0.05, 0) is 61.2 Å². The van der Waals surface area contributed by atoms with E-state index in [0.717, 1.165) is 11.1 Å². The standard InChI is InChI=1S/C23H28N2O5/c1-14(2)20-11-6-15(3)12-21(20)29-13-22(27)30-16(4)23(28)25-19-9-7-18(8-10-19)24-17(5)26/h6-12,14,16H,13H2,1-5H3,(H,24,26)(H,25,28)/t16-/m1/s1. The van der Waals surface area contributed by atoms with Gasteiger partial charge in [0.1, 0.15) is 5.75 Å². The van der Waals surface area contributed by atoms with E-state index in [0.29, 0.717) is 17.1 Å². The third-order valence-corrected chi connectivity index (χ3v) is 4.29. The quantitative estimate of drug-likeness (QED) is 0.639. The number of hydrogen-bond acceptors (Lipinski definition) is 5. The topological polar surface area (TPSA) is 93.7 Å². The van der Waals surface area contributed by atoms with Gasteiger partial charge in [0, 0.05) is 18.3 Å². The molecule has 2 rings (SSSR count). The Hall–Kier alpha value is -3.35. The van der Waals surface area contributed by atoms with Crippen molar-refractivity contribution in [1.29, 1.82) is 0 Å². The van der Waals surface area contributed by atoms with Crippen LogP contribution in [0.15, 0.2) is 42.5 Å². The van der Waals surface area contributed by atoms with Crippen molar-refractivity contribution in [2.45, 2.75) is 46.6 Å². The van der Waals surface area contributed by atoms with Crippen molar-refractivity contribution in [1.82, 2.24) is 0 Å². The van der Waals surface area contributed by atoms with Crippen LogP contribution < -0.4 is 15.4 Å². The van der Waals surface area contributed by atoms with Crippen molar-refractivity contribution in [3.8, 4) is 5.75 Å². The van der Waals surface area contributed by atoms with Gasteiger partial charge in [-0.2, -0.15) is 0 Å². The third kappa shape index (κ3) is 6.92. The molecule has 0 aliphatic carbocycles. The predicted molar refractivity (Wildman–Crippen MR) is 116 cm³/mol. The zero-order valence-corrected chi connectivity index (χ0v) is 17.9. The van der Waals surface area contributed by atoms with Crippen LogP contribution in [0.2, 0.25) is 0 Å². The van der Waals surface area contributed by atoms with Gasteiger partial charge >= 0.3 is 5.97 Å². The van der Waals surface area contributed by atoms with Crippen LogP contribution in [0.5, 0.6) is 5.75 Å². The number of carbonyl (C=O) groups is 3. The molecule has 2 amide bonds. The smallest absolute Gasteiger partial charge is 0.344 e. The number of nitrogens with one attached hydrogen (secondary N) is 2. The maximum absolute atomic E-state index is 12.3. The Kier molecular flexibility index (Phi) is 7.98. The molecule has 0 aliphatic heterocycles. The van der Waals surface area contributed by atoms with Crippen molar-refractivity contribution in [2.24, 2.45) is 0 Å². The summed E-state index contributed by atoms with van der Waals surface area (Å²) in [6.45, 7) is 8.66. The lowest BCUT2D eigenvalue weighted by Gasteiger charge is -2.16. The Morgan fingerprint density at radius 3 is 2.10 bits per heavy atom. The summed E-state index contributed by atoms with van der Waals surface area (Å²) in [7, 11) is 0. The summed E-state index contributed by atoms with van der Waals surface area (Å²) in [5.74, 6) is -0.388. The highest BCUT2D eigenvalue weighted by atomic mass is 16.6. The van der Waals surface area contributed by atoms with Gasteiger partial charge in [0.2, 0.25) is 5.91 Å². The third-order valence-electron chi connectivity index (χ3n) is 4.29. The summed E-state index contributed by atoms with van der Waals surface area (Å²) in [6, 6.07) is 12.5. The minimum atomic E-state index is -0.988. The van der Waals surface area contributed by atoms with Crippen molar-refractivity contribution in [2.75, 3.05) is 17.2 Å². The molecule has 0 aromatic heterocycles. The first kappa shape index (κ1) is 22.9. The van der Waals surface area contributed by atoms with Crippen molar-refractivity contribution in [3.05, 3.63) is 53.6 Å². The molecule has 0 spiro atoms. The second-order valence-corrected chi connectivity index (χ2v) is 7.36. The molecular weight excluding hydrogens is 384 g/mol. The molecule has 2 aromatic carbocycles. The zero-order chi connectivity index (χ0) is 22.3. The highest BCUT2D eigenvalue weighted by molar-refractivity contribution is 5.95. The first-order valence-electron chi connectivity index (χ1n) is 9.77. The van der Waals surface area contributed by atoms with Gasteiger partial charge in [-0.25, -0.2) is 4.79 Å². The van der Waals surface area contributed by atoms with E-state index in [1.165, 1.54) is 13.8 Å². The van der Waals surface area contributed by atoms with E-state index in [1.54, 1.807) is 24.3 Å². The molecule has 160 valence electrons. The SMILES string of the molecule is CC(=O)Nc1ccc(NC(=O)[C@@H](C)OC(=O)COc2cc(C)ccc2C(C)C)cc1. The monoisotopic (exact) mass is 412 g/mol. The minimum Gasteiger partial charge on any atom is -0.482 e. The number of hydrogen-bond donors (Lipinski definition) is 2. The second kappa shape index (κ2) is 10.4. The fourth-order valence-electron chi connectivity index (χ4n) is 2.75. The van der Waals surface area contributed by atoms with Crippen molar-refractivity contribution >= 4 is 29.2 Å². The normalized spacial score (nSPS) is 11.5. The number of ether oxygens (including phenoxy) is 2. The molecule has 0 radical (unpaired) electrons. The molecule has 2 N–H and O–H groups in total. The van der Waals surface area contributed by atoms with Crippen LogP contribution in [0.25, 0.3) is 0 Å². The first-order chi connectivity index (χ1) is 14.2. The number of benzene rings is 2. The Bertz CT molecular complexity index is 906. The number of anilines is 2. The molecule has 0 saturated carbocycles. The van der Waals surface area contributed by atoms with Crippen molar-refractivity contribution < 1.29 is 23.9 Å². The lowest BCUT2D eigenvalue weighted by Crippen LogP contribution is -2.31. The summed E-state index contributed by atoms with van der Waals surface area (Å²) in [5, 5.41) is 5.30. The number of esters is 1. The van der Waals surface area contributed by atoms with E-state index in [2.05, 4.69) is 10.6 Å². The van der Waals surface area contributed by atoms with Crippen LogP contribution in [-0.4, -0.2) is 30.5 Å². The average molecular weight is 412 g/mol. The maximum atomic E-state index is 12.3. The summed E-state index contributed by atoms with van der Waals surface area (Å²) in [6.07, 6.45) is -0.988. The summed E-state index contributed by atoms with van der Waals surface area (Å²) < 4.78 is 10.8. The van der Waals surface area contributed by atoms with E-state index in [-0.39, 0.29) is 18.4 Å². The van der Waals surface area contributed by atoms with Gasteiger partial charge in [-0.3, -0.25) is 9.59 Å². The van der Waals surface area contributed by atoms with Gasteiger partial charge in [0.25, 0.3) is 5.91 Å². The largest absolute Gasteiger partial charge is 0.482 e. The summed E-state index contributed by atoms with van der Waals surface area (Å²) in [5.41, 5.74) is 3.17. The zero-order valence-electron chi connectivity index (χ0n) is 17.9. The lowest BCUT2D eigenvalue weighted by atomic mass is 10.0. The molecule has 7 nitrogen and oxygen atoms in total. The Morgan fingerprint density at radius 1 is 0.933 bits per heavy atom. The van der Waals surface area contributed by atoms with Gasteiger partial charge in [-0.1, -0.05) is 26.0 Å². The number of aryl methyl sites for hydroxylation is 1. The predicted octanol–water partition coefficient (Wildman–Crippen LogP) is 4.03. The number of carbonyl (C=O) groups excluding carboxylic acids is 3. The molecule has 0 aliphatic rings. The van der Waals surface area contributed by atoms with Crippen LogP contribution in [0.3, 0.4) is 0 Å². The molecule has 1 atom stereocenters. The van der Waals surface area contributed by atoms with Crippen LogP contribution in [0.1, 0.15) is 44.7 Å². The molecule has 30 heavy (non-hydrogen) atoms. The Morgan fingerprint density at radius 2 is 1.53 bits per heavy atom. The van der Waals surface area contributed by atoms with Crippen LogP contribution >= 0.6 is 0 Å². The van der Waals surface area contributed by atoms with Crippen molar-refractivity contribution in [3.63, 3.8) is 0 Å². The number of rotatable bonds is 8. The van der Waals surface area contributed by atoms with Crippen LogP contribution in [0, 0.1) is 6.92 Å². The average Bonchev–Trinajstić information content (AvgIpc) is 2.67. The van der Waals surface area contributed by atoms with Gasteiger partial charge < -0.3 is 20.1 Å². The molecular formula is C23H28N2O5. The fraction of sp³-hybridized carbons (Fsp3) is 0.348. The van der Waals surface area contributed by atoms with E-state index in [1.807, 2.05) is 39.0 Å². The van der Waals surface area contributed by atoms with E-state index >= 15 is 0 Å². The van der Waals surface area contributed by atoms with Crippen LogP contribution in [-0.2, 0) is 19.1 Å². The Labute approximate surface area is 176 Å². The van der Waals surface area contributed by atoms with Gasteiger partial charge in [0.05, 0.1) is 0 Å². The van der Waals surface area contributed by atoms with E-state index in [4.69, 9.17) is 9.47 Å². The Balaban J connectivity index is 1.87. The van der Waals surface area contributed by atoms with Crippen LogP contribution in [0.4, 0.5) is 11.4 Å². The maximum Gasteiger partial charge on any atom is 0.344 e. The molecule has 7 heteroatoms. The minimum absolute atomic E-state index is 0.180. The summed E-state index contributed by atoms with van der Waals surface area (Å²) >= 11 is 0. The number of amides is 2. The first-order valence-corrected chi connectivity index (χ1v) is 9.77. The highest BCUT2D eigenvalue weighted by Crippen LogP contribution is 2.27. The van der Waals surface area contributed by atoms with E-state index in [9.17, 15) is 14.4 Å². The molecule has 0 fully saturated rings. The lowest BCUT2D eigenvalue weighted by molar-refractivity contribution is -0.155. The molecule has 0 heterocycles. The van der Waals surface area contributed by atoms with Gasteiger partial charge in [-0.15, -0.1) is 0 Å². The van der Waals surface area contributed by atoms with Gasteiger partial charge in [0.15, 0.2) is 12.7 Å². The molecule has 0 saturated heterocycles. The molecule has 2 aromatic rings. The highest BCUT2D eigenvalue weighted by Gasteiger charge is 2.19. The van der Waals surface area contributed by atoms with E-state index < -0.39 is 18.0 Å². The summed E-state index contributed by atoms with van der Waals surface area (Å²) in [4.78, 5) is 35.4. The molecule has 0 unspecified atom stereocenters. The fourth-order valence-corrected chi connectivity index (χ4v) is 2.75.